The predicted octanol–water partition coefficient (Wildman–Crippen LogP) is 5.23. The molecule has 1 aliphatic heterocycles. The van der Waals surface area contributed by atoms with E-state index in [-0.39, 0.29) is 17.2 Å². The number of nitrogens with zero attached hydrogens (tertiary/aromatic N) is 2. The third kappa shape index (κ3) is 7.40. The molecule has 0 fully saturated rings. The lowest BCUT2D eigenvalue weighted by Gasteiger charge is -2.31. The maximum Gasteiger partial charge on any atom is 0.253 e. The molecule has 0 bridgehead atoms. The van der Waals surface area contributed by atoms with Gasteiger partial charge in [0.1, 0.15) is 0 Å². The summed E-state index contributed by atoms with van der Waals surface area (Å²) in [5.74, 6) is -0.515. The van der Waals surface area contributed by atoms with E-state index < -0.39 is 21.2 Å². The molecule has 1 amide bonds. The largest absolute Gasteiger partial charge is 0.483 e. The van der Waals surface area contributed by atoms with Crippen molar-refractivity contribution >= 4 is 27.5 Å². The summed E-state index contributed by atoms with van der Waals surface area (Å²) in [6, 6.07) is 9.36. The molecule has 1 aromatic carbocycles. The van der Waals surface area contributed by atoms with Gasteiger partial charge in [-0.25, -0.2) is 18.1 Å². The first-order valence-corrected chi connectivity index (χ1v) is 13.9. The van der Waals surface area contributed by atoms with Crippen LogP contribution in [0.3, 0.4) is 0 Å². The maximum atomic E-state index is 13.4. The summed E-state index contributed by atoms with van der Waals surface area (Å²) in [6.45, 7) is 14.2. The van der Waals surface area contributed by atoms with Gasteiger partial charge in [-0.3, -0.25) is 4.79 Å². The van der Waals surface area contributed by atoms with Gasteiger partial charge in [0.2, 0.25) is 15.9 Å². The quantitative estimate of drug-likeness (QED) is 0.323. The molecule has 0 spiro atoms. The summed E-state index contributed by atoms with van der Waals surface area (Å²) < 4.78 is 35.0. The van der Waals surface area contributed by atoms with E-state index in [1.807, 2.05) is 37.3 Å². The van der Waals surface area contributed by atoms with Crippen LogP contribution in [-0.2, 0) is 19.6 Å². The molecule has 2 rings (SSSR count). The fraction of sp³-hybridized carbons (Fsp3) is 0.500. The first-order valence-electron chi connectivity index (χ1n) is 12.4. The summed E-state index contributed by atoms with van der Waals surface area (Å²) in [4.78, 5) is 18.8. The third-order valence-electron chi connectivity index (χ3n) is 6.57. The van der Waals surface area contributed by atoms with Crippen molar-refractivity contribution in [3.8, 4) is 0 Å². The number of carbonyl (C=O) groups is 1. The summed E-state index contributed by atoms with van der Waals surface area (Å²) in [5.41, 5.74) is 2.28. The van der Waals surface area contributed by atoms with Crippen molar-refractivity contribution in [1.29, 1.82) is 0 Å². The first-order chi connectivity index (χ1) is 16.8. The van der Waals surface area contributed by atoms with E-state index in [9.17, 15) is 13.2 Å². The molecule has 1 heterocycles. The number of sulfonamides is 1. The minimum Gasteiger partial charge on any atom is -0.483 e. The van der Waals surface area contributed by atoms with E-state index in [1.54, 1.807) is 31.1 Å². The number of methoxy groups -OCH3 is 1. The van der Waals surface area contributed by atoms with E-state index in [0.717, 1.165) is 24.9 Å². The van der Waals surface area contributed by atoms with E-state index in [2.05, 4.69) is 37.1 Å². The van der Waals surface area contributed by atoms with Gasteiger partial charge in [0.15, 0.2) is 5.25 Å². The van der Waals surface area contributed by atoms with Gasteiger partial charge < -0.3 is 9.64 Å². The summed E-state index contributed by atoms with van der Waals surface area (Å²) >= 11 is 0. The standard InChI is InChI=1S/C28H41N3O4S/c1-9-10-16-28(5,6)19-30-36(33,34)25-22(4)24(18-29-26(25)35-8)20(2)17-21(3)27(32)31(7)23-14-12-11-13-15-23/h11-15,17-18,22,25,30H,2,9-10,16,19H2,1,3-8H3/b21-17+. The van der Waals surface area contributed by atoms with E-state index in [1.165, 1.54) is 7.11 Å². The molecule has 198 valence electrons. The summed E-state index contributed by atoms with van der Waals surface area (Å²) in [5, 5.41) is -1.00. The number of para-hydroxylation sites is 1. The molecule has 2 unspecified atom stereocenters. The Labute approximate surface area is 217 Å². The lowest BCUT2D eigenvalue weighted by molar-refractivity contribution is -0.114. The van der Waals surface area contributed by atoms with Crippen LogP contribution in [-0.4, -0.2) is 46.2 Å². The number of amides is 1. The Morgan fingerprint density at radius 3 is 2.50 bits per heavy atom. The summed E-state index contributed by atoms with van der Waals surface area (Å²) in [6.07, 6.45) is 6.29. The number of nitrogens with one attached hydrogen (secondary N) is 1. The van der Waals surface area contributed by atoms with E-state index in [4.69, 9.17) is 4.74 Å². The Morgan fingerprint density at radius 2 is 1.92 bits per heavy atom. The van der Waals surface area contributed by atoms with Crippen molar-refractivity contribution in [2.24, 2.45) is 16.3 Å². The van der Waals surface area contributed by atoms with Crippen LogP contribution in [0.5, 0.6) is 0 Å². The SMILES string of the molecule is C=C(/C=C(\C)C(=O)N(C)c1ccccc1)C1=CN=C(OC)C(S(=O)(=O)NCC(C)(C)CCCC)C1C. The van der Waals surface area contributed by atoms with Crippen LogP contribution in [0.4, 0.5) is 5.69 Å². The molecule has 1 N–H and O–H groups in total. The third-order valence-corrected chi connectivity index (χ3v) is 8.39. The molecule has 8 heteroatoms. The van der Waals surface area contributed by atoms with Crippen LogP contribution in [0.2, 0.25) is 0 Å². The second-order valence-electron chi connectivity index (χ2n) is 10.2. The summed E-state index contributed by atoms with van der Waals surface area (Å²) in [7, 11) is -0.657. The number of carbonyl (C=O) groups excluding carboxylic acids is 1. The minimum atomic E-state index is -3.80. The Kier molecular flexibility index (Phi) is 10.3. The van der Waals surface area contributed by atoms with Gasteiger partial charge >= 0.3 is 0 Å². The maximum absolute atomic E-state index is 13.4. The molecule has 0 aromatic heterocycles. The second-order valence-corrected chi connectivity index (χ2v) is 12.0. The number of benzene rings is 1. The van der Waals surface area contributed by atoms with Gasteiger partial charge in [-0.15, -0.1) is 0 Å². The lowest BCUT2D eigenvalue weighted by Crippen LogP contribution is -2.48. The highest BCUT2D eigenvalue weighted by Crippen LogP contribution is 2.32. The fourth-order valence-corrected chi connectivity index (χ4v) is 6.09. The molecule has 0 radical (unpaired) electrons. The number of rotatable bonds is 11. The van der Waals surface area contributed by atoms with Gasteiger partial charge in [-0.2, -0.15) is 0 Å². The topological polar surface area (TPSA) is 88.1 Å². The van der Waals surface area contributed by atoms with Crippen molar-refractivity contribution in [2.45, 2.75) is 59.1 Å². The average Bonchev–Trinajstić information content (AvgIpc) is 2.85. The number of hydrogen-bond donors (Lipinski definition) is 1. The highest BCUT2D eigenvalue weighted by atomic mass is 32.2. The molecule has 36 heavy (non-hydrogen) atoms. The highest BCUT2D eigenvalue weighted by Gasteiger charge is 2.41. The Bertz CT molecular complexity index is 1130. The minimum absolute atomic E-state index is 0.138. The van der Waals surface area contributed by atoms with Crippen molar-refractivity contribution in [1.82, 2.24) is 4.72 Å². The van der Waals surface area contributed by atoms with Gasteiger partial charge in [0.05, 0.1) is 7.11 Å². The zero-order valence-electron chi connectivity index (χ0n) is 22.7. The van der Waals surface area contributed by atoms with Gasteiger partial charge in [0.25, 0.3) is 5.91 Å². The van der Waals surface area contributed by atoms with Gasteiger partial charge in [0, 0.05) is 37.0 Å². The van der Waals surface area contributed by atoms with Crippen molar-refractivity contribution in [3.05, 3.63) is 65.9 Å². The number of unbranched alkanes of at least 4 members (excludes halogenated alkanes) is 1. The molecule has 0 aliphatic carbocycles. The normalized spacial score (nSPS) is 18.8. The van der Waals surface area contributed by atoms with Crippen LogP contribution < -0.4 is 9.62 Å². The van der Waals surface area contributed by atoms with Crippen LogP contribution in [0.25, 0.3) is 0 Å². The number of likely N-dealkylation sites (N-methyl/N-ethyl adjacent to an activating group) is 1. The van der Waals surface area contributed by atoms with Gasteiger partial charge in [-0.1, -0.05) is 65.3 Å². The number of hydrogen-bond acceptors (Lipinski definition) is 5. The molecule has 2 atom stereocenters. The zero-order chi connectivity index (χ0) is 27.1. The first kappa shape index (κ1) is 29.5. The lowest BCUT2D eigenvalue weighted by atomic mass is 9.88. The molecule has 1 aliphatic rings. The zero-order valence-corrected chi connectivity index (χ0v) is 23.5. The predicted molar refractivity (Wildman–Crippen MR) is 148 cm³/mol. The number of aliphatic imine (C=N–C) groups is 1. The smallest absolute Gasteiger partial charge is 0.253 e. The Morgan fingerprint density at radius 1 is 1.28 bits per heavy atom. The number of anilines is 1. The van der Waals surface area contributed by atoms with E-state index in [0.29, 0.717) is 23.3 Å². The van der Waals surface area contributed by atoms with E-state index >= 15 is 0 Å². The van der Waals surface area contributed by atoms with Crippen LogP contribution in [0.15, 0.2) is 70.9 Å². The monoisotopic (exact) mass is 515 g/mol. The Hall–Kier alpha value is -2.71. The molecule has 0 saturated carbocycles. The molecular formula is C28H41N3O4S. The van der Waals surface area contributed by atoms with Gasteiger partial charge in [-0.05, 0) is 48.1 Å². The van der Waals surface area contributed by atoms with Crippen LogP contribution in [0.1, 0.15) is 53.9 Å². The molecular weight excluding hydrogens is 474 g/mol. The fourth-order valence-electron chi connectivity index (χ4n) is 4.22. The number of ether oxygens (including phenoxy) is 1. The highest BCUT2D eigenvalue weighted by molar-refractivity contribution is 7.90. The molecule has 7 nitrogen and oxygen atoms in total. The average molecular weight is 516 g/mol. The van der Waals surface area contributed by atoms with Crippen LogP contribution >= 0.6 is 0 Å². The Balaban J connectivity index is 2.24. The molecule has 1 aromatic rings. The van der Waals surface area contributed by atoms with Crippen molar-refractivity contribution in [2.75, 3.05) is 25.6 Å². The second kappa shape index (κ2) is 12.5. The number of allylic oxidation sites excluding steroid dienone is 3. The van der Waals surface area contributed by atoms with Crippen LogP contribution in [0, 0.1) is 11.3 Å². The van der Waals surface area contributed by atoms with Crippen molar-refractivity contribution in [3.63, 3.8) is 0 Å². The molecule has 0 saturated heterocycles. The van der Waals surface area contributed by atoms with Crippen molar-refractivity contribution < 1.29 is 17.9 Å².